The van der Waals surface area contributed by atoms with Crippen LogP contribution in [0.3, 0.4) is 0 Å². The first-order valence-corrected chi connectivity index (χ1v) is 18.2. The van der Waals surface area contributed by atoms with Gasteiger partial charge in [0.15, 0.2) is 0 Å². The maximum absolute atomic E-state index is 6.30. The smallest absolute Gasteiger partial charge is 0.216 e. The third-order valence-corrected chi connectivity index (χ3v) is 11.0. The van der Waals surface area contributed by atoms with Crippen LogP contribution in [0.4, 0.5) is 0 Å². The summed E-state index contributed by atoms with van der Waals surface area (Å²) in [5.41, 5.74) is 12.6. The van der Waals surface area contributed by atoms with Crippen LogP contribution in [0.15, 0.2) is 181 Å². The van der Waals surface area contributed by atoms with Crippen LogP contribution < -0.4 is 0 Å². The summed E-state index contributed by atoms with van der Waals surface area (Å²) < 4.78 is 6.30. The first kappa shape index (κ1) is 30.6. The summed E-state index contributed by atoms with van der Waals surface area (Å²) in [5, 5.41) is 4.98. The van der Waals surface area contributed by atoms with Crippen molar-refractivity contribution in [1.29, 1.82) is 0 Å². The van der Waals surface area contributed by atoms with Gasteiger partial charge in [0, 0.05) is 5.56 Å². The second kappa shape index (κ2) is 11.6. The number of nitrogens with zero attached hydrogens (tertiary/aromatic N) is 1. The van der Waals surface area contributed by atoms with Gasteiger partial charge in [0.05, 0.1) is 12.0 Å². The molecule has 0 saturated heterocycles. The van der Waals surface area contributed by atoms with Gasteiger partial charge in [-0.15, -0.1) is 0 Å². The Bertz CT molecular complexity index is 2670. The minimum atomic E-state index is -0.556. The van der Waals surface area contributed by atoms with Gasteiger partial charge in [-0.05, 0) is 121 Å². The molecule has 1 heterocycles. The predicted octanol–water partition coefficient (Wildman–Crippen LogP) is 12.2. The van der Waals surface area contributed by atoms with E-state index in [9.17, 15) is 0 Å². The number of hydrogen-bond donors (Lipinski definition) is 0. The second-order valence-electron chi connectivity index (χ2n) is 14.8. The molecule has 1 aliphatic carbocycles. The van der Waals surface area contributed by atoms with E-state index in [0.717, 1.165) is 11.1 Å². The van der Waals surface area contributed by atoms with Gasteiger partial charge in [-0.2, -0.15) is 0 Å². The van der Waals surface area contributed by atoms with Crippen LogP contribution in [0.1, 0.15) is 41.7 Å². The summed E-state index contributed by atoms with van der Waals surface area (Å²) in [4.78, 5) is 4.79. The fourth-order valence-electron chi connectivity index (χ4n) is 8.69. The van der Waals surface area contributed by atoms with Gasteiger partial charge in [0.1, 0.15) is 5.60 Å². The van der Waals surface area contributed by atoms with E-state index in [2.05, 4.69) is 190 Å². The third kappa shape index (κ3) is 4.68. The zero-order valence-electron chi connectivity index (χ0n) is 29.3. The Morgan fingerprint density at radius 1 is 0.462 bits per heavy atom. The zero-order chi connectivity index (χ0) is 34.9. The van der Waals surface area contributed by atoms with Crippen molar-refractivity contribution in [2.24, 2.45) is 4.99 Å². The Morgan fingerprint density at radius 3 is 1.83 bits per heavy atom. The molecule has 10 rings (SSSR count). The lowest BCUT2D eigenvalue weighted by molar-refractivity contribution is 0.131. The Morgan fingerprint density at radius 2 is 1.10 bits per heavy atom. The SMILES string of the molecule is CC1(C)CN=C(c2cccc(-c3cc4c(c5ccccc35)-c3ccc(-c5ccc6ccccc6c5)cc3C4(c3ccccc3)c3ccccc3)c2)O1. The lowest BCUT2D eigenvalue weighted by Gasteiger charge is -2.34. The maximum atomic E-state index is 6.30. The Balaban J connectivity index is 1.28. The molecule has 0 bridgehead atoms. The van der Waals surface area contributed by atoms with Crippen molar-refractivity contribution in [3.05, 3.63) is 204 Å². The lowest BCUT2D eigenvalue weighted by atomic mass is 9.67. The van der Waals surface area contributed by atoms with Crippen molar-refractivity contribution >= 4 is 27.4 Å². The number of rotatable bonds is 5. The van der Waals surface area contributed by atoms with E-state index in [0.29, 0.717) is 12.4 Å². The van der Waals surface area contributed by atoms with Crippen LogP contribution in [0.2, 0.25) is 0 Å². The van der Waals surface area contributed by atoms with E-state index >= 15 is 0 Å². The molecule has 2 heteroatoms. The minimum Gasteiger partial charge on any atom is -0.469 e. The molecule has 0 unspecified atom stereocenters. The van der Waals surface area contributed by atoms with Crippen molar-refractivity contribution in [2.75, 3.05) is 6.54 Å². The van der Waals surface area contributed by atoms with Gasteiger partial charge >= 0.3 is 0 Å². The van der Waals surface area contributed by atoms with E-state index in [1.54, 1.807) is 0 Å². The normalized spacial score (nSPS) is 15.2. The molecule has 0 fully saturated rings. The second-order valence-corrected chi connectivity index (χ2v) is 14.8. The van der Waals surface area contributed by atoms with Crippen molar-refractivity contribution in [3.63, 3.8) is 0 Å². The van der Waals surface area contributed by atoms with Gasteiger partial charge in [0.25, 0.3) is 0 Å². The monoisotopic (exact) mass is 667 g/mol. The molecule has 0 atom stereocenters. The predicted molar refractivity (Wildman–Crippen MR) is 216 cm³/mol. The molecule has 0 saturated carbocycles. The molecule has 2 nitrogen and oxygen atoms in total. The molecule has 8 aromatic carbocycles. The number of ether oxygens (including phenoxy) is 1. The summed E-state index contributed by atoms with van der Waals surface area (Å²) in [5.74, 6) is 0.717. The fourth-order valence-corrected chi connectivity index (χ4v) is 8.69. The molecule has 1 aliphatic heterocycles. The molecule has 52 heavy (non-hydrogen) atoms. The first-order chi connectivity index (χ1) is 25.5. The molecule has 0 spiro atoms. The average Bonchev–Trinajstić information content (AvgIpc) is 3.72. The summed E-state index contributed by atoms with van der Waals surface area (Å²) in [6.45, 7) is 4.85. The molecule has 2 aliphatic rings. The minimum absolute atomic E-state index is 0.298. The van der Waals surface area contributed by atoms with Crippen molar-refractivity contribution in [1.82, 2.24) is 0 Å². The Labute approximate surface area is 304 Å². The van der Waals surface area contributed by atoms with Crippen LogP contribution in [-0.2, 0) is 10.2 Å². The van der Waals surface area contributed by atoms with E-state index in [1.165, 1.54) is 71.6 Å². The van der Waals surface area contributed by atoms with Crippen molar-refractivity contribution in [3.8, 4) is 33.4 Å². The van der Waals surface area contributed by atoms with Crippen LogP contribution in [0, 0.1) is 0 Å². The van der Waals surface area contributed by atoms with E-state index < -0.39 is 5.41 Å². The number of aliphatic imine (C=N–C) groups is 1. The van der Waals surface area contributed by atoms with Gasteiger partial charge < -0.3 is 4.74 Å². The van der Waals surface area contributed by atoms with Gasteiger partial charge in [-0.3, -0.25) is 0 Å². The van der Waals surface area contributed by atoms with Crippen LogP contribution in [-0.4, -0.2) is 18.0 Å². The van der Waals surface area contributed by atoms with E-state index in [4.69, 9.17) is 9.73 Å². The topological polar surface area (TPSA) is 21.6 Å². The molecule has 248 valence electrons. The highest BCUT2D eigenvalue weighted by molar-refractivity contribution is 6.11. The highest BCUT2D eigenvalue weighted by Gasteiger charge is 2.47. The van der Waals surface area contributed by atoms with Gasteiger partial charge in [-0.25, -0.2) is 4.99 Å². The molecule has 0 amide bonds. The number of fused-ring (bicyclic) bond motifs is 6. The Hall–Kier alpha value is -6.25. The summed E-state index contributed by atoms with van der Waals surface area (Å²) >= 11 is 0. The van der Waals surface area contributed by atoms with E-state index in [1.807, 2.05) is 0 Å². The van der Waals surface area contributed by atoms with Crippen LogP contribution in [0.25, 0.3) is 54.9 Å². The van der Waals surface area contributed by atoms with E-state index in [-0.39, 0.29) is 5.60 Å². The third-order valence-electron chi connectivity index (χ3n) is 11.0. The lowest BCUT2D eigenvalue weighted by Crippen LogP contribution is -2.28. The number of hydrogen-bond acceptors (Lipinski definition) is 2. The van der Waals surface area contributed by atoms with Crippen molar-refractivity contribution < 1.29 is 4.74 Å². The molecule has 0 N–H and O–H groups in total. The number of benzene rings is 8. The zero-order valence-corrected chi connectivity index (χ0v) is 29.3. The average molecular weight is 668 g/mol. The highest BCUT2D eigenvalue weighted by atomic mass is 16.5. The van der Waals surface area contributed by atoms with Crippen LogP contribution >= 0.6 is 0 Å². The molecule has 8 aromatic rings. The summed E-state index contributed by atoms with van der Waals surface area (Å²) in [6.07, 6.45) is 0. The fraction of sp³-hybridized carbons (Fsp3) is 0.100. The molecule has 0 radical (unpaired) electrons. The summed E-state index contributed by atoms with van der Waals surface area (Å²) in [7, 11) is 0. The molecular formula is C50H37NO. The standard InChI is InChI=1S/C50H37NO/c1-49(2)32-51-48(52-49)38-17-13-16-37(29-38)44-31-46-47(42-23-12-11-22-41(42)44)43-27-26-36(35-25-24-33-14-9-10-15-34(33)28-35)30-45(43)50(46,39-18-5-3-6-19-39)40-20-7-4-8-21-40/h3-31H,32H2,1-2H3. The van der Waals surface area contributed by atoms with Gasteiger partial charge in [0.2, 0.25) is 5.90 Å². The van der Waals surface area contributed by atoms with Gasteiger partial charge in [-0.1, -0.05) is 146 Å². The van der Waals surface area contributed by atoms with Crippen molar-refractivity contribution in [2.45, 2.75) is 24.9 Å². The Kier molecular flexibility index (Phi) is 6.85. The maximum Gasteiger partial charge on any atom is 0.216 e. The molecular weight excluding hydrogens is 631 g/mol. The highest BCUT2D eigenvalue weighted by Crippen LogP contribution is 2.59. The largest absolute Gasteiger partial charge is 0.469 e. The quantitative estimate of drug-likeness (QED) is 0.179. The summed E-state index contributed by atoms with van der Waals surface area (Å²) in [6, 6.07) is 64.9. The molecule has 0 aromatic heterocycles. The first-order valence-electron chi connectivity index (χ1n) is 18.2. The van der Waals surface area contributed by atoms with Crippen LogP contribution in [0.5, 0.6) is 0 Å².